The summed E-state index contributed by atoms with van der Waals surface area (Å²) in [5, 5.41) is 3.75. The van der Waals surface area contributed by atoms with Crippen LogP contribution in [0.4, 0.5) is 5.95 Å². The molecule has 100 valence electrons. The summed E-state index contributed by atoms with van der Waals surface area (Å²) in [6.45, 7) is 2.91. The van der Waals surface area contributed by atoms with E-state index in [9.17, 15) is 0 Å². The van der Waals surface area contributed by atoms with Gasteiger partial charge in [-0.2, -0.15) is 4.98 Å². The van der Waals surface area contributed by atoms with Crippen LogP contribution in [0.25, 0.3) is 0 Å². The highest BCUT2D eigenvalue weighted by atomic mass is 79.9. The fraction of sp³-hybridized carbons (Fsp3) is 0.231. The zero-order chi connectivity index (χ0) is 13.7. The van der Waals surface area contributed by atoms with E-state index < -0.39 is 0 Å². The van der Waals surface area contributed by atoms with Gasteiger partial charge >= 0.3 is 0 Å². The Kier molecular flexibility index (Phi) is 4.99. The lowest BCUT2D eigenvalue weighted by atomic mass is 10.3. The van der Waals surface area contributed by atoms with Gasteiger partial charge in [-0.05, 0) is 40.5 Å². The number of nitrogens with one attached hydrogen (secondary N) is 1. The SMILES string of the molecule is CCCNc1nccc(Oc2ccc(Cl)cc2Br)n1. The third-order valence-electron chi connectivity index (χ3n) is 2.27. The first-order chi connectivity index (χ1) is 9.19. The van der Waals surface area contributed by atoms with Gasteiger partial charge in [0.05, 0.1) is 4.47 Å². The number of aromatic nitrogens is 2. The van der Waals surface area contributed by atoms with Gasteiger partial charge in [0.2, 0.25) is 11.8 Å². The van der Waals surface area contributed by atoms with Crippen molar-refractivity contribution in [2.45, 2.75) is 13.3 Å². The van der Waals surface area contributed by atoms with E-state index in [2.05, 4.69) is 38.1 Å². The first-order valence-corrected chi connectivity index (χ1v) is 7.06. The molecule has 0 saturated carbocycles. The van der Waals surface area contributed by atoms with Crippen molar-refractivity contribution in [3.05, 3.63) is 40.0 Å². The van der Waals surface area contributed by atoms with Crippen molar-refractivity contribution in [3.63, 3.8) is 0 Å². The van der Waals surface area contributed by atoms with Gasteiger partial charge in [-0.1, -0.05) is 18.5 Å². The van der Waals surface area contributed by atoms with Gasteiger partial charge in [-0.25, -0.2) is 4.98 Å². The molecule has 19 heavy (non-hydrogen) atoms. The molecule has 0 saturated heterocycles. The number of benzene rings is 1. The van der Waals surface area contributed by atoms with Crippen molar-refractivity contribution < 1.29 is 4.74 Å². The van der Waals surface area contributed by atoms with Crippen molar-refractivity contribution in [2.75, 3.05) is 11.9 Å². The average Bonchev–Trinajstić information content (AvgIpc) is 2.40. The molecule has 1 aromatic heterocycles. The number of halogens is 2. The minimum atomic E-state index is 0.483. The molecule has 0 fully saturated rings. The Bertz CT molecular complexity index is 565. The zero-order valence-corrected chi connectivity index (χ0v) is 12.7. The molecule has 1 heterocycles. The van der Waals surface area contributed by atoms with Crippen LogP contribution in [0.3, 0.4) is 0 Å². The number of nitrogens with zero attached hydrogens (tertiary/aromatic N) is 2. The summed E-state index contributed by atoms with van der Waals surface area (Å²) in [6.07, 6.45) is 2.67. The second-order valence-electron chi connectivity index (χ2n) is 3.82. The Hall–Kier alpha value is -1.33. The molecule has 2 rings (SSSR count). The summed E-state index contributed by atoms with van der Waals surface area (Å²) in [7, 11) is 0. The molecule has 0 atom stereocenters. The van der Waals surface area contributed by atoms with Gasteiger partial charge in [0.25, 0.3) is 0 Å². The van der Waals surface area contributed by atoms with Crippen LogP contribution in [-0.2, 0) is 0 Å². The smallest absolute Gasteiger partial charge is 0.225 e. The Labute approximate surface area is 125 Å². The topological polar surface area (TPSA) is 47.0 Å². The highest BCUT2D eigenvalue weighted by Gasteiger charge is 2.05. The van der Waals surface area contributed by atoms with Crippen LogP contribution >= 0.6 is 27.5 Å². The highest BCUT2D eigenvalue weighted by Crippen LogP contribution is 2.31. The zero-order valence-electron chi connectivity index (χ0n) is 10.4. The molecule has 1 aromatic carbocycles. The maximum absolute atomic E-state index is 5.88. The van der Waals surface area contributed by atoms with Gasteiger partial charge in [-0.15, -0.1) is 0 Å². The third kappa shape index (κ3) is 4.08. The van der Waals surface area contributed by atoms with Crippen LogP contribution in [0.2, 0.25) is 5.02 Å². The van der Waals surface area contributed by atoms with E-state index in [0.717, 1.165) is 17.4 Å². The van der Waals surface area contributed by atoms with Gasteiger partial charge in [-0.3, -0.25) is 0 Å². The number of hydrogen-bond donors (Lipinski definition) is 1. The molecule has 0 unspecified atom stereocenters. The van der Waals surface area contributed by atoms with E-state index in [1.54, 1.807) is 30.5 Å². The molecule has 0 aliphatic heterocycles. The van der Waals surface area contributed by atoms with E-state index in [0.29, 0.717) is 22.6 Å². The van der Waals surface area contributed by atoms with E-state index in [1.165, 1.54) is 0 Å². The van der Waals surface area contributed by atoms with Crippen LogP contribution in [0.5, 0.6) is 11.6 Å². The molecule has 6 heteroatoms. The Morgan fingerprint density at radius 2 is 2.21 bits per heavy atom. The van der Waals surface area contributed by atoms with E-state index in [-0.39, 0.29) is 0 Å². The van der Waals surface area contributed by atoms with Crippen LogP contribution in [0.1, 0.15) is 13.3 Å². The number of rotatable bonds is 5. The standard InChI is InChI=1S/C13H13BrClN3O/c1-2-6-16-13-17-7-5-12(18-13)19-11-4-3-9(15)8-10(11)14/h3-5,7-8H,2,6H2,1H3,(H,16,17,18). The van der Waals surface area contributed by atoms with Crippen LogP contribution in [-0.4, -0.2) is 16.5 Å². The molecule has 0 aliphatic rings. The van der Waals surface area contributed by atoms with Crippen LogP contribution < -0.4 is 10.1 Å². The fourth-order valence-electron chi connectivity index (χ4n) is 1.39. The number of hydrogen-bond acceptors (Lipinski definition) is 4. The molecule has 0 amide bonds. The lowest BCUT2D eigenvalue weighted by molar-refractivity contribution is 0.459. The average molecular weight is 343 g/mol. The minimum Gasteiger partial charge on any atom is -0.438 e. The third-order valence-corrected chi connectivity index (χ3v) is 3.13. The summed E-state index contributed by atoms with van der Waals surface area (Å²) < 4.78 is 6.47. The fourth-order valence-corrected chi connectivity index (χ4v) is 2.16. The van der Waals surface area contributed by atoms with E-state index in [4.69, 9.17) is 16.3 Å². The van der Waals surface area contributed by atoms with Gasteiger partial charge in [0.1, 0.15) is 5.75 Å². The maximum atomic E-state index is 5.88. The van der Waals surface area contributed by atoms with Crippen molar-refractivity contribution in [2.24, 2.45) is 0 Å². The van der Waals surface area contributed by atoms with E-state index in [1.807, 2.05) is 0 Å². The van der Waals surface area contributed by atoms with Crippen LogP contribution in [0.15, 0.2) is 34.9 Å². The maximum Gasteiger partial charge on any atom is 0.225 e. The second-order valence-corrected chi connectivity index (χ2v) is 5.11. The normalized spacial score (nSPS) is 10.3. The summed E-state index contributed by atoms with van der Waals surface area (Å²) in [5.74, 6) is 1.70. The van der Waals surface area contributed by atoms with Crippen LogP contribution in [0, 0.1) is 0 Å². The molecule has 0 bridgehead atoms. The van der Waals surface area contributed by atoms with Gasteiger partial charge in [0.15, 0.2) is 0 Å². The minimum absolute atomic E-state index is 0.483. The lowest BCUT2D eigenvalue weighted by Crippen LogP contribution is -2.04. The monoisotopic (exact) mass is 341 g/mol. The Morgan fingerprint density at radius 3 is 2.95 bits per heavy atom. The van der Waals surface area contributed by atoms with Crippen molar-refractivity contribution >= 4 is 33.5 Å². The first kappa shape index (κ1) is 14.1. The van der Waals surface area contributed by atoms with E-state index >= 15 is 0 Å². The molecular weight excluding hydrogens is 330 g/mol. The Balaban J connectivity index is 2.14. The molecular formula is C13H13BrClN3O. The predicted molar refractivity (Wildman–Crippen MR) is 80.0 cm³/mol. The van der Waals surface area contributed by atoms with Crippen molar-refractivity contribution in [3.8, 4) is 11.6 Å². The largest absolute Gasteiger partial charge is 0.438 e. The van der Waals surface area contributed by atoms with Gasteiger partial charge < -0.3 is 10.1 Å². The summed E-state index contributed by atoms with van der Waals surface area (Å²) in [6, 6.07) is 7.03. The quantitative estimate of drug-likeness (QED) is 0.868. The number of anilines is 1. The molecule has 2 aromatic rings. The second kappa shape index (κ2) is 6.73. The first-order valence-electron chi connectivity index (χ1n) is 5.89. The van der Waals surface area contributed by atoms with Gasteiger partial charge in [0, 0.05) is 23.8 Å². The van der Waals surface area contributed by atoms with Crippen molar-refractivity contribution in [1.82, 2.24) is 9.97 Å². The molecule has 4 nitrogen and oxygen atoms in total. The van der Waals surface area contributed by atoms with Crippen molar-refractivity contribution in [1.29, 1.82) is 0 Å². The summed E-state index contributed by atoms with van der Waals surface area (Å²) in [5.41, 5.74) is 0. The molecule has 0 radical (unpaired) electrons. The number of ether oxygens (including phenoxy) is 1. The molecule has 1 N–H and O–H groups in total. The summed E-state index contributed by atoms with van der Waals surface area (Å²) in [4.78, 5) is 8.39. The Morgan fingerprint density at radius 1 is 1.37 bits per heavy atom. The molecule has 0 spiro atoms. The highest BCUT2D eigenvalue weighted by molar-refractivity contribution is 9.10. The summed E-state index contributed by atoms with van der Waals surface area (Å²) >= 11 is 9.28. The molecule has 0 aliphatic carbocycles. The predicted octanol–water partition coefficient (Wildman–Crippen LogP) is 4.51. The lowest BCUT2D eigenvalue weighted by Gasteiger charge is -2.08.